The molecule has 5 heterocycles. The second-order valence-corrected chi connectivity index (χ2v) is 21.1. The summed E-state index contributed by atoms with van der Waals surface area (Å²) in [5, 5.41) is 111. The minimum atomic E-state index is -1.87. The monoisotopic (exact) mass is 1180 g/mol. The molecule has 10 N–H and O–H groups in total. The summed E-state index contributed by atoms with van der Waals surface area (Å²) in [4.78, 5) is 54.0. The van der Waals surface area contributed by atoms with Crippen molar-refractivity contribution in [2.24, 2.45) is 5.92 Å². The van der Waals surface area contributed by atoms with Crippen LogP contribution in [-0.2, 0) is 58.8 Å². The Morgan fingerprint density at radius 3 is 2.12 bits per heavy atom. The fourth-order valence-electron chi connectivity index (χ4n) is 10.8. The van der Waals surface area contributed by atoms with E-state index in [1.807, 2.05) is 0 Å². The smallest absolute Gasteiger partial charge is 0.341 e. The highest BCUT2D eigenvalue weighted by Crippen LogP contribution is 2.41. The van der Waals surface area contributed by atoms with E-state index in [4.69, 9.17) is 47.0 Å². The molecule has 0 spiro atoms. The number of esters is 1. The normalized spacial score (nSPS) is 33.0. The van der Waals surface area contributed by atoms with E-state index in [2.05, 4.69) is 15.6 Å². The number of carboxylic acid groups (broad SMARTS) is 1. The predicted octanol–water partition coefficient (Wildman–Crippen LogP) is -0.300. The number of ether oxygens (including phenoxy) is 9. The molecule has 3 aliphatic heterocycles. The van der Waals surface area contributed by atoms with E-state index in [9.17, 15) is 65.1 Å². The summed E-state index contributed by atoms with van der Waals surface area (Å²) in [6, 6.07) is 23.9. The molecule has 27 nitrogen and oxygen atoms in total. The van der Waals surface area contributed by atoms with Gasteiger partial charge in [-0.25, -0.2) is 19.1 Å². The topological polar surface area (TPSA) is 389 Å². The summed E-state index contributed by atoms with van der Waals surface area (Å²) < 4.78 is 61.9. The quantitative estimate of drug-likeness (QED) is 0.0228. The van der Waals surface area contributed by atoms with Crippen LogP contribution in [0.3, 0.4) is 0 Å². The Kier molecular flexibility index (Phi) is 21.0. The molecule has 5 aromatic rings. The van der Waals surface area contributed by atoms with Crippen molar-refractivity contribution < 1.29 is 107 Å². The van der Waals surface area contributed by atoms with E-state index in [0.717, 1.165) is 0 Å². The fraction of sp³-hybridized carbons (Fsp3) is 0.544. The van der Waals surface area contributed by atoms with Crippen molar-refractivity contribution in [1.82, 2.24) is 20.3 Å². The number of benzene rings is 3. The number of carbonyl (C=O) groups is 3. The number of fused-ring (bicyclic) bond motifs is 1. The lowest BCUT2D eigenvalue weighted by Crippen LogP contribution is -2.64. The second kappa shape index (κ2) is 28.3. The van der Waals surface area contributed by atoms with Crippen LogP contribution in [0.4, 0.5) is 0 Å². The van der Waals surface area contributed by atoms with Gasteiger partial charge in [-0.3, -0.25) is 4.79 Å². The number of aromatic nitrogens is 3. The number of aliphatic hydroxyl groups excluding tert-OH is 8. The van der Waals surface area contributed by atoms with Gasteiger partial charge in [0, 0.05) is 23.4 Å². The highest BCUT2D eigenvalue weighted by molar-refractivity contribution is 5.89. The number of aliphatic carboxylic acids is 1. The summed E-state index contributed by atoms with van der Waals surface area (Å²) in [6.07, 6.45) is -27.3. The van der Waals surface area contributed by atoms with Gasteiger partial charge in [-0.1, -0.05) is 85.3 Å². The first kappa shape index (κ1) is 62.3. The lowest BCUT2D eigenvalue weighted by atomic mass is 9.80. The molecule has 1 amide bonds. The molecule has 3 aromatic carbocycles. The van der Waals surface area contributed by atoms with Gasteiger partial charge >= 0.3 is 17.6 Å². The van der Waals surface area contributed by atoms with E-state index >= 15 is 0 Å². The highest BCUT2D eigenvalue weighted by atomic mass is 16.8. The van der Waals surface area contributed by atoms with Gasteiger partial charge in [-0.05, 0) is 50.5 Å². The number of nitrogens with zero attached hydrogens (tertiary/aromatic N) is 3. The van der Waals surface area contributed by atoms with Gasteiger partial charge in [0.15, 0.2) is 31.1 Å². The first-order chi connectivity index (χ1) is 40.5. The number of carboxylic acids is 1. The zero-order valence-electron chi connectivity index (χ0n) is 45.7. The summed E-state index contributed by atoms with van der Waals surface area (Å²) in [5.41, 5.74) is 0.797. The molecule has 9 rings (SSSR count). The van der Waals surface area contributed by atoms with Crippen LogP contribution in [0.5, 0.6) is 0 Å². The van der Waals surface area contributed by atoms with Gasteiger partial charge in [0.2, 0.25) is 5.91 Å². The Morgan fingerprint density at radius 1 is 0.738 bits per heavy atom. The molecule has 2 aromatic heterocycles. The molecule has 1 aliphatic carbocycles. The number of rotatable bonds is 23. The van der Waals surface area contributed by atoms with E-state index in [0.29, 0.717) is 28.6 Å². The van der Waals surface area contributed by atoms with Gasteiger partial charge < -0.3 is 98.3 Å². The van der Waals surface area contributed by atoms with Crippen molar-refractivity contribution in [1.29, 1.82) is 0 Å². The maximum atomic E-state index is 14.7. The third-order valence-corrected chi connectivity index (χ3v) is 15.3. The molecule has 0 bridgehead atoms. The minimum Gasteiger partial charge on any atom is -0.479 e. The third-order valence-electron chi connectivity index (χ3n) is 15.3. The van der Waals surface area contributed by atoms with Crippen LogP contribution in [0, 0.1) is 5.92 Å². The summed E-state index contributed by atoms with van der Waals surface area (Å²) in [6.45, 7) is 0.580. The lowest BCUT2D eigenvalue weighted by molar-refractivity contribution is -0.348. The molecule has 0 radical (unpaired) electrons. The van der Waals surface area contributed by atoms with Crippen molar-refractivity contribution in [3.05, 3.63) is 119 Å². The van der Waals surface area contributed by atoms with E-state index in [1.165, 1.54) is 23.7 Å². The molecule has 84 heavy (non-hydrogen) atoms. The standard InChI is InChI=1S/C57H70N4O23/c1-3-12-37(52(71)72)78-49-43(66)40(26-63)82-57(50(49)83-53(73)30-15-8-5-9-16-30)80-38-23-32(22-35(61-24-34(59-60-61)29-13-6-4-7-14-29)47(38)84-56-45(68)44(67)41(64)28(2)77-56)51(70)58-19-20-75-55-46(69)48(42(65)39(25-62)81-55)76-27-33-21-31-17-10-11-18-36(31)79-54(33)74/h4-11,13-18,21,24,28,32,35,37-50,55-57,62-69H,3,12,19-20,22-23,25-27H2,1-2H3,(H,58,70)(H,71,72)/t28?,32?,35?,37-,38+,39?,40?,41+,42+,43-,44?,45?,46?,47?,48?,49?,50?,55-,56-,57+/m0/s1. The van der Waals surface area contributed by atoms with Crippen LogP contribution in [0.25, 0.3) is 22.2 Å². The van der Waals surface area contributed by atoms with Crippen LogP contribution < -0.4 is 10.9 Å². The molecule has 1 saturated carbocycles. The third kappa shape index (κ3) is 14.2. The average molecular weight is 1180 g/mol. The Balaban J connectivity index is 1.01. The zero-order valence-corrected chi connectivity index (χ0v) is 45.7. The Bertz CT molecular complexity index is 3010. The van der Waals surface area contributed by atoms with E-state index in [-0.39, 0.29) is 43.5 Å². The molecule has 3 saturated heterocycles. The number of amides is 1. The molecule has 27 heteroatoms. The number of nitrogens with one attached hydrogen (secondary N) is 1. The zero-order chi connectivity index (χ0) is 59.8. The summed E-state index contributed by atoms with van der Waals surface area (Å²) >= 11 is 0. The lowest BCUT2D eigenvalue weighted by Gasteiger charge is -2.48. The number of carbonyl (C=O) groups excluding carboxylic acids is 2. The molecule has 456 valence electrons. The fourth-order valence-corrected chi connectivity index (χ4v) is 10.8. The van der Waals surface area contributed by atoms with Crippen molar-refractivity contribution >= 4 is 28.8 Å². The van der Waals surface area contributed by atoms with Crippen molar-refractivity contribution in [3.8, 4) is 11.3 Å². The van der Waals surface area contributed by atoms with Crippen LogP contribution in [0.2, 0.25) is 0 Å². The van der Waals surface area contributed by atoms with Crippen molar-refractivity contribution in [3.63, 3.8) is 0 Å². The van der Waals surface area contributed by atoms with E-state index in [1.54, 1.807) is 92.0 Å². The van der Waals surface area contributed by atoms with Crippen LogP contribution in [0.15, 0.2) is 106 Å². The SMILES string of the molecule is CCC[C@H](OC1C(OC(=O)c2ccccc2)[C@H](O[C@@H]2CC(C(=O)NCCO[C@H]3OC(CO)[C@@H](O)C(OCc4cc5ccccc5oc4=O)C3O)CC(n3cc(-c4ccccc4)nn3)C2O[C@@H]2OC(C)[C@@H](O)C(O)C2O)OC(CO)[C@@H]1O)C(=O)O. The maximum absolute atomic E-state index is 14.7. The number of aliphatic hydroxyl groups is 8. The van der Waals surface area contributed by atoms with E-state index < -0.39 is 166 Å². The largest absolute Gasteiger partial charge is 0.479 e. The molecule has 4 fully saturated rings. The van der Waals surface area contributed by atoms with Crippen molar-refractivity contribution in [2.75, 3.05) is 26.4 Å². The van der Waals surface area contributed by atoms with Gasteiger partial charge in [0.05, 0.1) is 62.0 Å². The van der Waals surface area contributed by atoms with Crippen LogP contribution in [0.1, 0.15) is 61.5 Å². The maximum Gasteiger partial charge on any atom is 0.341 e. The summed E-state index contributed by atoms with van der Waals surface area (Å²) in [7, 11) is 0. The predicted molar refractivity (Wildman–Crippen MR) is 286 cm³/mol. The van der Waals surface area contributed by atoms with Gasteiger partial charge in [0.25, 0.3) is 0 Å². The van der Waals surface area contributed by atoms with Crippen LogP contribution in [-0.4, -0.2) is 216 Å². The number of para-hydroxylation sites is 1. The van der Waals surface area contributed by atoms with Crippen molar-refractivity contribution in [2.45, 2.75) is 163 Å². The molecular weight excluding hydrogens is 1110 g/mol. The highest BCUT2D eigenvalue weighted by Gasteiger charge is 2.55. The van der Waals surface area contributed by atoms with Crippen LogP contribution >= 0.6 is 0 Å². The second-order valence-electron chi connectivity index (χ2n) is 21.1. The Labute approximate surface area is 480 Å². The molecule has 12 unspecified atom stereocenters. The number of hydrogen-bond donors (Lipinski definition) is 10. The Morgan fingerprint density at radius 2 is 1.42 bits per heavy atom. The van der Waals surface area contributed by atoms with Gasteiger partial charge in [0.1, 0.15) is 78.4 Å². The Hall–Kier alpha value is -6.22. The minimum absolute atomic E-state index is 0.0338. The van der Waals surface area contributed by atoms with Gasteiger partial charge in [-0.2, -0.15) is 0 Å². The molecule has 4 aliphatic rings. The van der Waals surface area contributed by atoms with Gasteiger partial charge in [-0.15, -0.1) is 5.10 Å². The first-order valence-corrected chi connectivity index (χ1v) is 27.7. The molecular formula is C57H70N4O23. The summed E-state index contributed by atoms with van der Waals surface area (Å²) in [5.74, 6) is -4.07. The number of hydrogen-bond acceptors (Lipinski definition) is 24. The first-order valence-electron chi connectivity index (χ1n) is 27.7. The molecule has 20 atom stereocenters. The average Bonchev–Trinajstić information content (AvgIpc) is 2.80.